The summed E-state index contributed by atoms with van der Waals surface area (Å²) < 4.78 is 5.43. The zero-order chi connectivity index (χ0) is 15.7. The van der Waals surface area contributed by atoms with Crippen LogP contribution in [0.15, 0.2) is 18.2 Å². The highest BCUT2D eigenvalue weighted by atomic mass is 16.5. The first kappa shape index (κ1) is 14.8. The molecule has 112 valence electrons. The smallest absolute Gasteiger partial charge is 0.326 e. The van der Waals surface area contributed by atoms with Gasteiger partial charge in [-0.3, -0.25) is 14.5 Å². The fourth-order valence-corrected chi connectivity index (χ4v) is 2.19. The molecule has 2 rings (SSSR count). The molecule has 0 saturated carbocycles. The molecule has 1 heterocycles. The SMILES string of the molecule is Cc1ccc2c(c1)OC(CC(=O)O)C(=O)N2C(C)C(=O)O. The Morgan fingerprint density at radius 3 is 2.62 bits per heavy atom. The first-order valence-corrected chi connectivity index (χ1v) is 6.36. The lowest BCUT2D eigenvalue weighted by Crippen LogP contribution is -2.52. The Kier molecular flexibility index (Phi) is 3.84. The third-order valence-corrected chi connectivity index (χ3v) is 3.26. The van der Waals surface area contributed by atoms with Gasteiger partial charge in [0.1, 0.15) is 11.8 Å². The molecule has 0 fully saturated rings. The molecule has 1 amide bonds. The van der Waals surface area contributed by atoms with Crippen LogP contribution in [0.4, 0.5) is 5.69 Å². The third kappa shape index (κ3) is 2.81. The number of hydrogen-bond acceptors (Lipinski definition) is 4. The van der Waals surface area contributed by atoms with Crippen LogP contribution in [-0.4, -0.2) is 40.2 Å². The van der Waals surface area contributed by atoms with Gasteiger partial charge in [-0.15, -0.1) is 0 Å². The number of amides is 1. The average molecular weight is 293 g/mol. The van der Waals surface area contributed by atoms with Crippen molar-refractivity contribution in [1.29, 1.82) is 0 Å². The maximum absolute atomic E-state index is 12.3. The van der Waals surface area contributed by atoms with Crippen molar-refractivity contribution in [1.82, 2.24) is 0 Å². The van der Waals surface area contributed by atoms with E-state index < -0.39 is 36.4 Å². The van der Waals surface area contributed by atoms with E-state index in [9.17, 15) is 14.4 Å². The van der Waals surface area contributed by atoms with E-state index in [-0.39, 0.29) is 0 Å². The van der Waals surface area contributed by atoms with E-state index in [1.54, 1.807) is 18.2 Å². The second kappa shape index (κ2) is 5.43. The molecule has 2 N–H and O–H groups in total. The van der Waals surface area contributed by atoms with Gasteiger partial charge >= 0.3 is 11.9 Å². The Bertz CT molecular complexity index is 611. The normalized spacial score (nSPS) is 18.7. The van der Waals surface area contributed by atoms with Crippen LogP contribution in [0.25, 0.3) is 0 Å². The summed E-state index contributed by atoms with van der Waals surface area (Å²) in [4.78, 5) is 35.4. The van der Waals surface area contributed by atoms with E-state index in [0.717, 1.165) is 10.5 Å². The van der Waals surface area contributed by atoms with Gasteiger partial charge in [-0.1, -0.05) is 6.07 Å². The van der Waals surface area contributed by atoms with Gasteiger partial charge < -0.3 is 14.9 Å². The number of hydrogen-bond donors (Lipinski definition) is 2. The minimum atomic E-state index is -1.22. The number of anilines is 1. The number of aryl methyl sites for hydroxylation is 1. The van der Waals surface area contributed by atoms with Crippen LogP contribution in [0.5, 0.6) is 5.75 Å². The van der Waals surface area contributed by atoms with Crippen molar-refractivity contribution in [3.05, 3.63) is 23.8 Å². The monoisotopic (exact) mass is 293 g/mol. The molecule has 0 aliphatic carbocycles. The third-order valence-electron chi connectivity index (χ3n) is 3.26. The number of carboxylic acids is 2. The molecule has 21 heavy (non-hydrogen) atoms. The number of nitrogens with zero attached hydrogens (tertiary/aromatic N) is 1. The second-order valence-electron chi connectivity index (χ2n) is 4.90. The van der Waals surface area contributed by atoms with Gasteiger partial charge in [0.25, 0.3) is 5.91 Å². The molecule has 0 aromatic heterocycles. The molecule has 0 spiro atoms. The lowest BCUT2D eigenvalue weighted by molar-refractivity contribution is -0.144. The van der Waals surface area contributed by atoms with E-state index in [4.69, 9.17) is 14.9 Å². The van der Waals surface area contributed by atoms with Gasteiger partial charge in [0.05, 0.1) is 12.1 Å². The van der Waals surface area contributed by atoms with Crippen LogP contribution in [-0.2, 0) is 14.4 Å². The van der Waals surface area contributed by atoms with Gasteiger partial charge in [-0.05, 0) is 31.5 Å². The maximum atomic E-state index is 12.3. The standard InChI is InChI=1S/C14H15NO6/c1-7-3-4-9-10(5-7)21-11(6-12(16)17)13(18)15(9)8(2)14(19)20/h3-5,8,11H,6H2,1-2H3,(H,16,17)(H,19,20). The Morgan fingerprint density at radius 1 is 1.38 bits per heavy atom. The molecule has 1 aromatic carbocycles. The first-order chi connectivity index (χ1) is 9.81. The zero-order valence-electron chi connectivity index (χ0n) is 11.6. The quantitative estimate of drug-likeness (QED) is 0.859. The number of carbonyl (C=O) groups is 3. The van der Waals surface area contributed by atoms with Crippen molar-refractivity contribution in [2.75, 3.05) is 4.90 Å². The number of ether oxygens (including phenoxy) is 1. The van der Waals surface area contributed by atoms with Crippen LogP contribution < -0.4 is 9.64 Å². The number of rotatable bonds is 4. The van der Waals surface area contributed by atoms with E-state index in [2.05, 4.69) is 0 Å². The van der Waals surface area contributed by atoms with Crippen LogP contribution in [0.1, 0.15) is 18.9 Å². The van der Waals surface area contributed by atoms with Crippen molar-refractivity contribution >= 4 is 23.5 Å². The van der Waals surface area contributed by atoms with Crippen LogP contribution in [0.3, 0.4) is 0 Å². The Morgan fingerprint density at radius 2 is 2.05 bits per heavy atom. The van der Waals surface area contributed by atoms with Gasteiger partial charge in [-0.25, -0.2) is 4.79 Å². The van der Waals surface area contributed by atoms with E-state index >= 15 is 0 Å². The summed E-state index contributed by atoms with van der Waals surface area (Å²) in [5.41, 5.74) is 1.20. The van der Waals surface area contributed by atoms with Crippen molar-refractivity contribution in [2.45, 2.75) is 32.4 Å². The van der Waals surface area contributed by atoms with Crippen molar-refractivity contribution < 1.29 is 29.3 Å². The van der Waals surface area contributed by atoms with E-state index in [0.29, 0.717) is 11.4 Å². The molecule has 1 aliphatic heterocycles. The number of fused-ring (bicyclic) bond motifs is 1. The highest BCUT2D eigenvalue weighted by molar-refractivity contribution is 6.05. The summed E-state index contributed by atoms with van der Waals surface area (Å²) in [6.07, 6.45) is -1.74. The number of aliphatic carboxylic acids is 2. The predicted molar refractivity (Wildman–Crippen MR) is 72.4 cm³/mol. The molecule has 0 saturated heterocycles. The maximum Gasteiger partial charge on any atom is 0.326 e. The van der Waals surface area contributed by atoms with Crippen molar-refractivity contribution in [3.8, 4) is 5.75 Å². The Hall–Kier alpha value is -2.57. The molecule has 1 aromatic rings. The summed E-state index contributed by atoms with van der Waals surface area (Å²) in [6, 6.07) is 3.87. The van der Waals surface area contributed by atoms with Gasteiger partial charge in [0.15, 0.2) is 6.10 Å². The van der Waals surface area contributed by atoms with E-state index in [1.165, 1.54) is 6.92 Å². The molecule has 2 unspecified atom stereocenters. The summed E-state index contributed by atoms with van der Waals surface area (Å²) in [5, 5.41) is 18.0. The second-order valence-corrected chi connectivity index (χ2v) is 4.90. The van der Waals surface area contributed by atoms with Crippen LogP contribution in [0, 0.1) is 6.92 Å². The number of carbonyl (C=O) groups excluding carboxylic acids is 1. The Balaban J connectivity index is 2.48. The van der Waals surface area contributed by atoms with E-state index in [1.807, 2.05) is 6.92 Å². The minimum Gasteiger partial charge on any atom is -0.481 e. The average Bonchev–Trinajstić information content (AvgIpc) is 2.38. The molecule has 0 bridgehead atoms. The Labute approximate surface area is 120 Å². The first-order valence-electron chi connectivity index (χ1n) is 6.36. The molecule has 0 radical (unpaired) electrons. The van der Waals surface area contributed by atoms with Crippen LogP contribution >= 0.6 is 0 Å². The zero-order valence-corrected chi connectivity index (χ0v) is 11.6. The largest absolute Gasteiger partial charge is 0.481 e. The molecule has 7 heteroatoms. The summed E-state index contributed by atoms with van der Waals surface area (Å²) in [5.74, 6) is -2.71. The lowest BCUT2D eigenvalue weighted by atomic mass is 10.1. The summed E-state index contributed by atoms with van der Waals surface area (Å²) in [7, 11) is 0. The topological polar surface area (TPSA) is 104 Å². The fraction of sp³-hybridized carbons (Fsp3) is 0.357. The predicted octanol–water partition coefficient (Wildman–Crippen LogP) is 1.04. The van der Waals surface area contributed by atoms with Gasteiger partial charge in [0, 0.05) is 0 Å². The highest BCUT2D eigenvalue weighted by Gasteiger charge is 2.40. The number of carboxylic acid groups (broad SMARTS) is 2. The molecule has 1 aliphatic rings. The lowest BCUT2D eigenvalue weighted by Gasteiger charge is -2.36. The number of benzene rings is 1. The van der Waals surface area contributed by atoms with Crippen molar-refractivity contribution in [2.24, 2.45) is 0 Å². The molecular weight excluding hydrogens is 278 g/mol. The van der Waals surface area contributed by atoms with Crippen molar-refractivity contribution in [3.63, 3.8) is 0 Å². The summed E-state index contributed by atoms with van der Waals surface area (Å²) in [6.45, 7) is 3.18. The molecular formula is C14H15NO6. The highest BCUT2D eigenvalue weighted by Crippen LogP contribution is 2.36. The van der Waals surface area contributed by atoms with Gasteiger partial charge in [0.2, 0.25) is 0 Å². The minimum absolute atomic E-state index is 0.314. The van der Waals surface area contributed by atoms with Crippen LogP contribution in [0.2, 0.25) is 0 Å². The summed E-state index contributed by atoms with van der Waals surface area (Å²) >= 11 is 0. The fourth-order valence-electron chi connectivity index (χ4n) is 2.19. The van der Waals surface area contributed by atoms with Gasteiger partial charge in [-0.2, -0.15) is 0 Å². The molecule has 7 nitrogen and oxygen atoms in total. The molecule has 2 atom stereocenters.